The minimum atomic E-state index is 0.0919. The third kappa shape index (κ3) is 5.04. The van der Waals surface area contributed by atoms with Crippen LogP contribution in [0.4, 0.5) is 5.82 Å². The van der Waals surface area contributed by atoms with Crippen LogP contribution in [-0.2, 0) is 0 Å². The van der Waals surface area contributed by atoms with E-state index in [-0.39, 0.29) is 6.04 Å². The molecule has 2 N–H and O–H groups in total. The average molecular weight is 301 g/mol. The van der Waals surface area contributed by atoms with Crippen LogP contribution in [0.25, 0.3) is 0 Å². The van der Waals surface area contributed by atoms with Gasteiger partial charge in [0.05, 0.1) is 6.04 Å². The molecule has 110 valence electrons. The van der Waals surface area contributed by atoms with Crippen LogP contribution in [-0.4, -0.2) is 22.7 Å². The highest BCUT2D eigenvalue weighted by molar-refractivity contribution is 7.80. The molecule has 0 aliphatic carbocycles. The smallest absolute Gasteiger partial charge is 0.172 e. The summed E-state index contributed by atoms with van der Waals surface area (Å²) in [7, 11) is 0. The molecule has 1 atom stereocenters. The molecule has 0 saturated heterocycles. The number of para-hydroxylation sites is 1. The summed E-state index contributed by atoms with van der Waals surface area (Å²) in [5.74, 6) is 1.62. The minimum absolute atomic E-state index is 0.0919. The molecule has 0 aliphatic rings. The maximum absolute atomic E-state index is 5.68. The van der Waals surface area contributed by atoms with Crippen molar-refractivity contribution in [1.82, 2.24) is 10.3 Å². The predicted molar refractivity (Wildman–Crippen MR) is 89.7 cm³/mol. The molecule has 0 saturated carbocycles. The van der Waals surface area contributed by atoms with E-state index in [1.807, 2.05) is 56.3 Å². The van der Waals surface area contributed by atoms with E-state index in [1.54, 1.807) is 6.20 Å². The van der Waals surface area contributed by atoms with E-state index in [1.165, 1.54) is 0 Å². The van der Waals surface area contributed by atoms with Gasteiger partial charge in [-0.25, -0.2) is 4.98 Å². The molecule has 0 amide bonds. The Morgan fingerprint density at radius 3 is 2.71 bits per heavy atom. The standard InChI is InChI=1S/C16H19N3OS/c1-12-7-6-10-17-15(12)19-16(21)18-13(2)11-20-14-8-4-3-5-9-14/h3-10,13H,11H2,1-2H3,(H2,17,18,19,21)/t13-/m0/s1. The molecule has 0 bridgehead atoms. The first-order chi connectivity index (χ1) is 10.1. The molecular formula is C16H19N3OS. The number of hydrogen-bond acceptors (Lipinski definition) is 3. The van der Waals surface area contributed by atoms with Crippen molar-refractivity contribution in [3.05, 3.63) is 54.2 Å². The predicted octanol–water partition coefficient (Wildman–Crippen LogP) is 3.14. The third-order valence-corrected chi connectivity index (χ3v) is 3.08. The molecular weight excluding hydrogens is 282 g/mol. The molecule has 21 heavy (non-hydrogen) atoms. The van der Waals surface area contributed by atoms with Crippen molar-refractivity contribution in [2.45, 2.75) is 19.9 Å². The van der Waals surface area contributed by atoms with Crippen molar-refractivity contribution in [3.63, 3.8) is 0 Å². The van der Waals surface area contributed by atoms with Gasteiger partial charge < -0.3 is 15.4 Å². The Morgan fingerprint density at radius 1 is 1.24 bits per heavy atom. The Balaban J connectivity index is 1.78. The molecule has 1 aromatic heterocycles. The van der Waals surface area contributed by atoms with Crippen LogP contribution in [0.5, 0.6) is 5.75 Å². The molecule has 4 nitrogen and oxygen atoms in total. The zero-order valence-corrected chi connectivity index (χ0v) is 13.0. The molecule has 1 aromatic carbocycles. The first-order valence-corrected chi connectivity index (χ1v) is 7.23. The van der Waals surface area contributed by atoms with E-state index in [2.05, 4.69) is 15.6 Å². The number of aromatic nitrogens is 1. The quantitative estimate of drug-likeness (QED) is 0.831. The maximum Gasteiger partial charge on any atom is 0.172 e. The lowest BCUT2D eigenvalue weighted by Gasteiger charge is -2.18. The van der Waals surface area contributed by atoms with Gasteiger partial charge in [-0.2, -0.15) is 0 Å². The van der Waals surface area contributed by atoms with Gasteiger partial charge in [-0.05, 0) is 49.8 Å². The second-order valence-corrected chi connectivity index (χ2v) is 5.20. The van der Waals surface area contributed by atoms with Gasteiger partial charge in [-0.15, -0.1) is 0 Å². The first kappa shape index (κ1) is 15.3. The first-order valence-electron chi connectivity index (χ1n) is 6.82. The fraction of sp³-hybridized carbons (Fsp3) is 0.250. The summed E-state index contributed by atoms with van der Waals surface area (Å²) in [4.78, 5) is 4.25. The normalized spacial score (nSPS) is 11.5. The van der Waals surface area contributed by atoms with Gasteiger partial charge in [-0.1, -0.05) is 24.3 Å². The highest BCUT2D eigenvalue weighted by Gasteiger charge is 2.07. The van der Waals surface area contributed by atoms with Crippen LogP contribution in [0.3, 0.4) is 0 Å². The van der Waals surface area contributed by atoms with Gasteiger partial charge in [0, 0.05) is 6.20 Å². The zero-order valence-electron chi connectivity index (χ0n) is 12.2. The van der Waals surface area contributed by atoms with Crippen molar-refractivity contribution < 1.29 is 4.74 Å². The van der Waals surface area contributed by atoms with Crippen molar-refractivity contribution in [3.8, 4) is 5.75 Å². The minimum Gasteiger partial charge on any atom is -0.491 e. The molecule has 0 fully saturated rings. The van der Waals surface area contributed by atoms with Crippen molar-refractivity contribution in [2.75, 3.05) is 11.9 Å². The van der Waals surface area contributed by atoms with Crippen LogP contribution in [0, 0.1) is 6.92 Å². The Kier molecular flexibility index (Phi) is 5.51. The average Bonchev–Trinajstić information content (AvgIpc) is 2.48. The van der Waals surface area contributed by atoms with Crippen molar-refractivity contribution in [1.29, 1.82) is 0 Å². The molecule has 0 spiro atoms. The second kappa shape index (κ2) is 7.59. The number of rotatable bonds is 5. The van der Waals surface area contributed by atoms with E-state index in [9.17, 15) is 0 Å². The van der Waals surface area contributed by atoms with Crippen LogP contribution < -0.4 is 15.4 Å². The zero-order chi connectivity index (χ0) is 15.1. The van der Waals surface area contributed by atoms with Gasteiger partial charge in [-0.3, -0.25) is 0 Å². The van der Waals surface area contributed by atoms with E-state index >= 15 is 0 Å². The summed E-state index contributed by atoms with van der Waals surface area (Å²) in [5, 5.41) is 6.82. The Hall–Kier alpha value is -2.14. The van der Waals surface area contributed by atoms with Crippen molar-refractivity contribution in [2.24, 2.45) is 0 Å². The monoisotopic (exact) mass is 301 g/mol. The van der Waals surface area contributed by atoms with Gasteiger partial charge in [0.25, 0.3) is 0 Å². The number of thiocarbonyl (C=S) groups is 1. The summed E-state index contributed by atoms with van der Waals surface area (Å²) in [6, 6.07) is 13.7. The number of benzene rings is 1. The Morgan fingerprint density at radius 2 is 2.00 bits per heavy atom. The van der Waals surface area contributed by atoms with E-state index in [0.717, 1.165) is 17.1 Å². The Labute approximate surface area is 130 Å². The van der Waals surface area contributed by atoms with Crippen LogP contribution in [0.1, 0.15) is 12.5 Å². The van der Waals surface area contributed by atoms with Gasteiger partial charge >= 0.3 is 0 Å². The van der Waals surface area contributed by atoms with Crippen LogP contribution >= 0.6 is 12.2 Å². The number of pyridine rings is 1. The summed E-state index contributed by atoms with van der Waals surface area (Å²) in [6.45, 7) is 4.54. The summed E-state index contributed by atoms with van der Waals surface area (Å²) in [5.41, 5.74) is 1.05. The van der Waals surface area contributed by atoms with E-state index in [0.29, 0.717) is 11.7 Å². The number of ether oxygens (including phenoxy) is 1. The third-order valence-electron chi connectivity index (χ3n) is 2.86. The summed E-state index contributed by atoms with van der Waals surface area (Å²) >= 11 is 5.29. The summed E-state index contributed by atoms with van der Waals surface area (Å²) in [6.07, 6.45) is 1.74. The maximum atomic E-state index is 5.68. The Bertz CT molecular complexity index is 589. The number of aryl methyl sites for hydroxylation is 1. The molecule has 1 heterocycles. The fourth-order valence-corrected chi connectivity index (χ4v) is 2.06. The number of nitrogens with one attached hydrogen (secondary N) is 2. The lowest BCUT2D eigenvalue weighted by molar-refractivity contribution is 0.287. The highest BCUT2D eigenvalue weighted by atomic mass is 32.1. The number of anilines is 1. The number of hydrogen-bond donors (Lipinski definition) is 2. The molecule has 5 heteroatoms. The van der Waals surface area contributed by atoms with Crippen molar-refractivity contribution >= 4 is 23.1 Å². The van der Waals surface area contributed by atoms with E-state index < -0.39 is 0 Å². The SMILES string of the molecule is Cc1cccnc1NC(=S)N[C@@H](C)COc1ccccc1. The van der Waals surface area contributed by atoms with Gasteiger partial charge in [0.2, 0.25) is 0 Å². The largest absolute Gasteiger partial charge is 0.491 e. The van der Waals surface area contributed by atoms with Crippen LogP contribution in [0.15, 0.2) is 48.7 Å². The fourth-order valence-electron chi connectivity index (χ4n) is 1.76. The van der Waals surface area contributed by atoms with Gasteiger partial charge in [0.1, 0.15) is 18.2 Å². The molecule has 2 rings (SSSR count). The lowest BCUT2D eigenvalue weighted by Crippen LogP contribution is -2.39. The molecule has 0 unspecified atom stereocenters. The lowest BCUT2D eigenvalue weighted by atomic mass is 10.3. The van der Waals surface area contributed by atoms with Crippen LogP contribution in [0.2, 0.25) is 0 Å². The van der Waals surface area contributed by atoms with E-state index in [4.69, 9.17) is 17.0 Å². The molecule has 2 aromatic rings. The second-order valence-electron chi connectivity index (χ2n) is 4.79. The topological polar surface area (TPSA) is 46.2 Å². The number of nitrogens with zero attached hydrogens (tertiary/aromatic N) is 1. The molecule has 0 aliphatic heterocycles. The highest BCUT2D eigenvalue weighted by Crippen LogP contribution is 2.10. The molecule has 0 radical (unpaired) electrons. The van der Waals surface area contributed by atoms with Gasteiger partial charge in [0.15, 0.2) is 5.11 Å². The summed E-state index contributed by atoms with van der Waals surface area (Å²) < 4.78 is 5.68.